The zero-order chi connectivity index (χ0) is 22.8. The highest BCUT2D eigenvalue weighted by Gasteiger charge is 2.45. The highest BCUT2D eigenvalue weighted by molar-refractivity contribution is 6.12. The van der Waals surface area contributed by atoms with Gasteiger partial charge >= 0.3 is 5.97 Å². The van der Waals surface area contributed by atoms with Crippen molar-refractivity contribution in [3.05, 3.63) is 47.7 Å². The van der Waals surface area contributed by atoms with Crippen LogP contribution in [-0.2, 0) is 9.47 Å². The third-order valence-corrected chi connectivity index (χ3v) is 7.37. The van der Waals surface area contributed by atoms with Gasteiger partial charge in [-0.1, -0.05) is 24.6 Å². The lowest BCUT2D eigenvalue weighted by Gasteiger charge is -2.54. The summed E-state index contributed by atoms with van der Waals surface area (Å²) in [5.74, 6) is 0.660. The van der Waals surface area contributed by atoms with Crippen LogP contribution in [0.4, 0.5) is 17.2 Å². The van der Waals surface area contributed by atoms with Gasteiger partial charge in [0.2, 0.25) is 0 Å². The van der Waals surface area contributed by atoms with E-state index in [0.717, 1.165) is 74.6 Å². The molecule has 7 heteroatoms. The Balaban J connectivity index is 1.60. The van der Waals surface area contributed by atoms with Crippen molar-refractivity contribution in [3.63, 3.8) is 0 Å². The standard InChI is InChI=1S/C26H32N4O3/c1-27-23(18-7-6-8-18)22-21(30-16-26(17-30)11-13-33-14-12-26)15-20(25(31)32-2)29-24(22)28-19-9-4-3-5-10-19/h3-5,9-10,15,18H,6-8,11-14,16-17H2,1-2H3,(H,28,29). The van der Waals surface area contributed by atoms with E-state index in [2.05, 4.69) is 10.2 Å². The molecule has 2 saturated heterocycles. The molecule has 0 bridgehead atoms. The number of hydrogen-bond donors (Lipinski definition) is 1. The maximum absolute atomic E-state index is 12.6. The van der Waals surface area contributed by atoms with E-state index in [1.807, 2.05) is 43.4 Å². The van der Waals surface area contributed by atoms with Gasteiger partial charge < -0.3 is 19.7 Å². The fourth-order valence-electron chi connectivity index (χ4n) is 5.23. The molecule has 1 spiro atoms. The van der Waals surface area contributed by atoms with E-state index in [1.54, 1.807) is 0 Å². The summed E-state index contributed by atoms with van der Waals surface area (Å²) in [5, 5.41) is 3.48. The molecule has 3 aliphatic rings. The summed E-state index contributed by atoms with van der Waals surface area (Å²) < 4.78 is 10.7. The van der Waals surface area contributed by atoms with Crippen LogP contribution in [0.1, 0.15) is 48.2 Å². The summed E-state index contributed by atoms with van der Waals surface area (Å²) in [6.07, 6.45) is 5.66. The van der Waals surface area contributed by atoms with Crippen LogP contribution in [-0.4, -0.2) is 57.1 Å². The summed E-state index contributed by atoms with van der Waals surface area (Å²) in [6, 6.07) is 11.9. The molecule has 0 atom stereocenters. The number of rotatable bonds is 6. The minimum atomic E-state index is -0.432. The molecule has 0 unspecified atom stereocenters. The summed E-state index contributed by atoms with van der Waals surface area (Å²) in [5.41, 5.74) is 4.65. The average Bonchev–Trinajstić information content (AvgIpc) is 2.80. The molecule has 1 aromatic carbocycles. The van der Waals surface area contributed by atoms with Gasteiger partial charge in [-0.05, 0) is 43.9 Å². The molecular formula is C26H32N4O3. The van der Waals surface area contributed by atoms with Crippen molar-refractivity contribution >= 4 is 28.9 Å². The smallest absolute Gasteiger partial charge is 0.356 e. The van der Waals surface area contributed by atoms with Crippen molar-refractivity contribution in [2.75, 3.05) is 50.7 Å². The van der Waals surface area contributed by atoms with E-state index in [-0.39, 0.29) is 0 Å². The summed E-state index contributed by atoms with van der Waals surface area (Å²) in [6.45, 7) is 3.57. The van der Waals surface area contributed by atoms with Crippen LogP contribution in [0.2, 0.25) is 0 Å². The normalized spacial score (nSPS) is 20.2. The Kier molecular flexibility index (Phi) is 6.06. The van der Waals surface area contributed by atoms with Crippen LogP contribution < -0.4 is 10.2 Å². The zero-order valence-corrected chi connectivity index (χ0v) is 19.5. The van der Waals surface area contributed by atoms with E-state index in [9.17, 15) is 4.79 Å². The Morgan fingerprint density at radius 3 is 2.55 bits per heavy atom. The van der Waals surface area contributed by atoms with Gasteiger partial charge in [-0.15, -0.1) is 0 Å². The minimum Gasteiger partial charge on any atom is -0.464 e. The molecule has 3 fully saturated rings. The number of nitrogens with one attached hydrogen (secondary N) is 1. The SMILES string of the molecule is CN=C(c1c(N2CC3(CCOCC3)C2)cc(C(=O)OC)nc1Nc1ccccc1)C1CCC1. The number of carbonyl (C=O) groups excluding carboxylic acids is 1. The predicted molar refractivity (Wildman–Crippen MR) is 130 cm³/mol. The molecule has 1 saturated carbocycles. The zero-order valence-electron chi connectivity index (χ0n) is 19.5. The van der Waals surface area contributed by atoms with Gasteiger partial charge in [0.15, 0.2) is 5.69 Å². The molecular weight excluding hydrogens is 416 g/mol. The monoisotopic (exact) mass is 448 g/mol. The molecule has 1 aliphatic carbocycles. The number of esters is 1. The number of para-hydroxylation sites is 1. The number of nitrogens with zero attached hydrogens (tertiary/aromatic N) is 3. The summed E-state index contributed by atoms with van der Waals surface area (Å²) >= 11 is 0. The first kappa shape index (κ1) is 21.9. The fraction of sp³-hybridized carbons (Fsp3) is 0.500. The Hall–Kier alpha value is -2.93. The lowest BCUT2D eigenvalue weighted by atomic mass is 9.72. The molecule has 0 radical (unpaired) electrons. The van der Waals surface area contributed by atoms with E-state index in [0.29, 0.717) is 22.8 Å². The van der Waals surface area contributed by atoms with Gasteiger partial charge in [0.1, 0.15) is 5.82 Å². The van der Waals surface area contributed by atoms with Gasteiger partial charge in [0.25, 0.3) is 0 Å². The maximum atomic E-state index is 12.6. The Bertz CT molecular complexity index is 1040. The van der Waals surface area contributed by atoms with E-state index in [4.69, 9.17) is 19.5 Å². The number of anilines is 3. The number of benzene rings is 1. The third kappa shape index (κ3) is 4.22. The number of aromatic nitrogens is 1. The third-order valence-electron chi connectivity index (χ3n) is 7.37. The highest BCUT2D eigenvalue weighted by atomic mass is 16.5. The summed E-state index contributed by atoms with van der Waals surface area (Å²) in [7, 11) is 3.27. The van der Waals surface area contributed by atoms with Gasteiger partial charge in [-0.3, -0.25) is 4.99 Å². The first-order valence-electron chi connectivity index (χ1n) is 11.9. The molecule has 1 aromatic heterocycles. The molecule has 33 heavy (non-hydrogen) atoms. The van der Waals surface area contributed by atoms with Crippen molar-refractivity contribution in [1.82, 2.24) is 4.98 Å². The first-order valence-corrected chi connectivity index (χ1v) is 11.9. The summed E-state index contributed by atoms with van der Waals surface area (Å²) in [4.78, 5) is 24.4. The minimum absolute atomic E-state index is 0.303. The molecule has 3 heterocycles. The van der Waals surface area contributed by atoms with Crippen molar-refractivity contribution in [3.8, 4) is 0 Å². The van der Waals surface area contributed by atoms with Crippen LogP contribution in [0, 0.1) is 11.3 Å². The van der Waals surface area contributed by atoms with Gasteiger partial charge in [-0.2, -0.15) is 0 Å². The molecule has 7 nitrogen and oxygen atoms in total. The van der Waals surface area contributed by atoms with Crippen molar-refractivity contribution < 1.29 is 14.3 Å². The first-order chi connectivity index (χ1) is 16.1. The lowest BCUT2D eigenvalue weighted by molar-refractivity contribution is -0.000207. The number of pyridine rings is 1. The second kappa shape index (κ2) is 9.14. The molecule has 2 aliphatic heterocycles. The molecule has 5 rings (SSSR count). The number of hydrogen-bond acceptors (Lipinski definition) is 7. The predicted octanol–water partition coefficient (Wildman–Crippen LogP) is 4.45. The number of carbonyl (C=O) groups is 1. The Labute approximate surface area is 195 Å². The molecule has 0 amide bonds. The van der Waals surface area contributed by atoms with Crippen LogP contribution in [0.15, 0.2) is 41.4 Å². The van der Waals surface area contributed by atoms with Crippen molar-refractivity contribution in [1.29, 1.82) is 0 Å². The number of ether oxygens (including phenoxy) is 2. The van der Waals surface area contributed by atoms with Crippen molar-refractivity contribution in [2.24, 2.45) is 16.3 Å². The van der Waals surface area contributed by atoms with Crippen molar-refractivity contribution in [2.45, 2.75) is 32.1 Å². The van der Waals surface area contributed by atoms with E-state index in [1.165, 1.54) is 13.5 Å². The highest BCUT2D eigenvalue weighted by Crippen LogP contribution is 2.45. The fourth-order valence-corrected chi connectivity index (χ4v) is 5.23. The van der Waals surface area contributed by atoms with Crippen LogP contribution in [0.3, 0.4) is 0 Å². The van der Waals surface area contributed by atoms with E-state index >= 15 is 0 Å². The average molecular weight is 449 g/mol. The maximum Gasteiger partial charge on any atom is 0.356 e. The van der Waals surface area contributed by atoms with Gasteiger partial charge in [0, 0.05) is 50.4 Å². The Morgan fingerprint density at radius 2 is 1.94 bits per heavy atom. The Morgan fingerprint density at radius 1 is 1.21 bits per heavy atom. The molecule has 2 aromatic rings. The quantitative estimate of drug-likeness (QED) is 0.520. The van der Waals surface area contributed by atoms with Crippen LogP contribution in [0.5, 0.6) is 0 Å². The topological polar surface area (TPSA) is 76.0 Å². The van der Waals surface area contributed by atoms with E-state index < -0.39 is 5.97 Å². The number of methoxy groups -OCH3 is 1. The second-order valence-electron chi connectivity index (χ2n) is 9.44. The lowest BCUT2D eigenvalue weighted by Crippen LogP contribution is -2.59. The largest absolute Gasteiger partial charge is 0.464 e. The van der Waals surface area contributed by atoms with Crippen LogP contribution >= 0.6 is 0 Å². The number of aliphatic imine (C=N–C) groups is 1. The molecule has 1 N–H and O–H groups in total. The van der Waals surface area contributed by atoms with Gasteiger partial charge in [-0.25, -0.2) is 9.78 Å². The van der Waals surface area contributed by atoms with Gasteiger partial charge in [0.05, 0.1) is 24.1 Å². The molecule has 174 valence electrons. The van der Waals surface area contributed by atoms with Crippen LogP contribution in [0.25, 0.3) is 0 Å². The second-order valence-corrected chi connectivity index (χ2v) is 9.44.